The first-order chi connectivity index (χ1) is 6.07. The molecule has 72 valence electrons. The van der Waals surface area contributed by atoms with Crippen LogP contribution in [0.1, 0.15) is 25.0 Å². The Labute approximate surface area is 89.7 Å². The minimum atomic E-state index is -0.812. The van der Waals surface area contributed by atoms with E-state index in [1.54, 1.807) is 13.0 Å². The van der Waals surface area contributed by atoms with Crippen molar-refractivity contribution in [3.05, 3.63) is 33.0 Å². The molecule has 1 rings (SSSR count). The Hall–Kier alpha value is -0.120. The maximum absolute atomic E-state index is 13.4. The molecule has 0 radical (unpaired) electrons. The molecule has 1 aromatic rings. The molecule has 0 aliphatic rings. The molecule has 1 atom stereocenters. The number of hydrogen-bond acceptors (Lipinski definition) is 1. The summed E-state index contributed by atoms with van der Waals surface area (Å²) >= 11 is 8.74. The summed E-state index contributed by atoms with van der Waals surface area (Å²) in [6.07, 6.45) is -0.358. The van der Waals surface area contributed by atoms with Crippen molar-refractivity contribution in [1.29, 1.82) is 0 Å². The van der Waals surface area contributed by atoms with Crippen molar-refractivity contribution >= 4 is 27.5 Å². The fourth-order valence-electron chi connectivity index (χ4n) is 1.05. The molecule has 0 bridgehead atoms. The molecule has 0 fully saturated rings. The Morgan fingerprint density at radius 3 is 2.77 bits per heavy atom. The van der Waals surface area contributed by atoms with Gasteiger partial charge in [-0.3, -0.25) is 0 Å². The zero-order valence-corrected chi connectivity index (χ0v) is 9.36. The first-order valence-corrected chi connectivity index (χ1v) is 5.06. The lowest BCUT2D eigenvalue weighted by molar-refractivity contribution is 0.168. The molecule has 1 aromatic carbocycles. The van der Waals surface area contributed by atoms with Crippen LogP contribution in [-0.4, -0.2) is 5.11 Å². The number of aliphatic hydroxyl groups excluding tert-OH is 1. The second-order valence-corrected chi connectivity index (χ2v) is 3.94. The monoisotopic (exact) mass is 266 g/mol. The predicted molar refractivity (Wildman–Crippen MR) is 54.4 cm³/mol. The van der Waals surface area contributed by atoms with Crippen LogP contribution in [-0.2, 0) is 0 Å². The van der Waals surface area contributed by atoms with Gasteiger partial charge < -0.3 is 5.11 Å². The summed E-state index contributed by atoms with van der Waals surface area (Å²) in [6.45, 7) is 1.78. The minimum absolute atomic E-state index is 0.0331. The van der Waals surface area contributed by atoms with E-state index >= 15 is 0 Å². The Balaban J connectivity index is 3.25. The topological polar surface area (TPSA) is 20.2 Å². The van der Waals surface area contributed by atoms with E-state index in [-0.39, 0.29) is 10.6 Å². The van der Waals surface area contributed by atoms with Gasteiger partial charge in [-0.05, 0) is 18.6 Å². The van der Waals surface area contributed by atoms with E-state index in [9.17, 15) is 9.50 Å². The van der Waals surface area contributed by atoms with Gasteiger partial charge in [-0.25, -0.2) is 4.39 Å². The second-order valence-electron chi connectivity index (χ2n) is 2.68. The number of aliphatic hydroxyl groups is 1. The average molecular weight is 268 g/mol. The number of halogens is 3. The molecule has 1 nitrogen and oxygen atoms in total. The number of rotatable bonds is 2. The molecule has 0 heterocycles. The van der Waals surface area contributed by atoms with E-state index in [0.717, 1.165) is 0 Å². The fourth-order valence-corrected chi connectivity index (χ4v) is 1.79. The highest BCUT2D eigenvalue weighted by atomic mass is 79.9. The largest absolute Gasteiger partial charge is 0.388 e. The molecule has 0 saturated carbocycles. The van der Waals surface area contributed by atoms with Crippen molar-refractivity contribution in [1.82, 2.24) is 0 Å². The lowest BCUT2D eigenvalue weighted by Gasteiger charge is -2.12. The van der Waals surface area contributed by atoms with Crippen LogP contribution in [0, 0.1) is 5.82 Å². The second kappa shape index (κ2) is 4.40. The van der Waals surface area contributed by atoms with E-state index in [2.05, 4.69) is 15.9 Å². The summed E-state index contributed by atoms with van der Waals surface area (Å²) in [5, 5.41) is 9.52. The fraction of sp³-hybridized carbons (Fsp3) is 0.333. The van der Waals surface area contributed by atoms with Crippen molar-refractivity contribution in [3.63, 3.8) is 0 Å². The maximum Gasteiger partial charge on any atom is 0.148 e. The van der Waals surface area contributed by atoms with Crippen LogP contribution >= 0.6 is 27.5 Å². The zero-order valence-electron chi connectivity index (χ0n) is 7.02. The van der Waals surface area contributed by atoms with E-state index in [1.165, 1.54) is 6.07 Å². The van der Waals surface area contributed by atoms with Crippen molar-refractivity contribution < 1.29 is 9.50 Å². The lowest BCUT2D eigenvalue weighted by Crippen LogP contribution is -2.00. The van der Waals surface area contributed by atoms with Gasteiger partial charge in [0.05, 0.1) is 11.1 Å². The van der Waals surface area contributed by atoms with Crippen LogP contribution in [0.5, 0.6) is 0 Å². The Bertz CT molecular complexity index is 317. The highest BCUT2D eigenvalue weighted by molar-refractivity contribution is 9.10. The van der Waals surface area contributed by atoms with Crippen molar-refractivity contribution in [3.8, 4) is 0 Å². The summed E-state index contributed by atoms with van der Waals surface area (Å²) < 4.78 is 13.9. The van der Waals surface area contributed by atoms with Crippen molar-refractivity contribution in [2.75, 3.05) is 0 Å². The molecule has 0 aliphatic heterocycles. The third-order valence-electron chi connectivity index (χ3n) is 1.80. The van der Waals surface area contributed by atoms with Crippen LogP contribution in [0.2, 0.25) is 5.02 Å². The highest BCUT2D eigenvalue weighted by Gasteiger charge is 2.16. The van der Waals surface area contributed by atoms with Crippen LogP contribution in [0.3, 0.4) is 0 Å². The summed E-state index contributed by atoms with van der Waals surface area (Å²) in [4.78, 5) is 0. The van der Waals surface area contributed by atoms with Gasteiger partial charge >= 0.3 is 0 Å². The molecular formula is C9H9BrClFO. The summed E-state index contributed by atoms with van der Waals surface area (Å²) in [5.41, 5.74) is 0.231. The predicted octanol–water partition coefficient (Wildman–Crippen LogP) is 3.69. The molecular weight excluding hydrogens is 258 g/mol. The van der Waals surface area contributed by atoms with Gasteiger partial charge in [0.1, 0.15) is 5.82 Å². The Kier molecular flexibility index (Phi) is 3.71. The quantitative estimate of drug-likeness (QED) is 0.810. The zero-order chi connectivity index (χ0) is 10.0. The molecule has 0 spiro atoms. The smallest absolute Gasteiger partial charge is 0.148 e. The third kappa shape index (κ3) is 2.22. The summed E-state index contributed by atoms with van der Waals surface area (Å²) in [6, 6.07) is 3.08. The summed E-state index contributed by atoms with van der Waals surface area (Å²) in [5.74, 6) is -0.551. The Morgan fingerprint density at radius 2 is 2.23 bits per heavy atom. The molecule has 4 heteroatoms. The first-order valence-electron chi connectivity index (χ1n) is 3.89. The van der Waals surface area contributed by atoms with Gasteiger partial charge in [-0.2, -0.15) is 0 Å². The van der Waals surface area contributed by atoms with Gasteiger partial charge in [0.25, 0.3) is 0 Å². The van der Waals surface area contributed by atoms with Crippen LogP contribution in [0.15, 0.2) is 16.6 Å². The van der Waals surface area contributed by atoms with Crippen LogP contribution in [0.4, 0.5) is 4.39 Å². The van der Waals surface area contributed by atoms with E-state index in [4.69, 9.17) is 11.6 Å². The van der Waals surface area contributed by atoms with Gasteiger partial charge in [0, 0.05) is 10.0 Å². The van der Waals surface area contributed by atoms with Crippen molar-refractivity contribution in [2.24, 2.45) is 0 Å². The minimum Gasteiger partial charge on any atom is -0.388 e. The van der Waals surface area contributed by atoms with Gasteiger partial charge in [-0.15, -0.1) is 0 Å². The molecule has 1 unspecified atom stereocenters. The van der Waals surface area contributed by atoms with Crippen LogP contribution < -0.4 is 0 Å². The van der Waals surface area contributed by atoms with E-state index in [0.29, 0.717) is 10.9 Å². The number of benzene rings is 1. The standard InChI is InChI=1S/C9H9BrClFO/c1-2-7(13)8-5(10)3-4-6(11)9(8)12/h3-4,7,13H,2H2,1H3. The molecule has 0 saturated heterocycles. The van der Waals surface area contributed by atoms with Gasteiger partial charge in [-0.1, -0.05) is 34.5 Å². The normalized spacial score (nSPS) is 13.0. The molecule has 13 heavy (non-hydrogen) atoms. The molecule has 1 N–H and O–H groups in total. The molecule has 0 aromatic heterocycles. The number of hydrogen-bond donors (Lipinski definition) is 1. The average Bonchev–Trinajstić information content (AvgIpc) is 2.12. The van der Waals surface area contributed by atoms with E-state index in [1.807, 2.05) is 0 Å². The molecule has 0 aliphatic carbocycles. The van der Waals surface area contributed by atoms with Gasteiger partial charge in [0.15, 0.2) is 0 Å². The van der Waals surface area contributed by atoms with E-state index < -0.39 is 11.9 Å². The third-order valence-corrected chi connectivity index (χ3v) is 2.78. The van der Waals surface area contributed by atoms with Crippen molar-refractivity contribution in [2.45, 2.75) is 19.4 Å². The first kappa shape index (κ1) is 11.0. The molecule has 0 amide bonds. The lowest BCUT2D eigenvalue weighted by atomic mass is 10.1. The van der Waals surface area contributed by atoms with Gasteiger partial charge in [0.2, 0.25) is 0 Å². The Morgan fingerprint density at radius 1 is 1.62 bits per heavy atom. The SMILES string of the molecule is CCC(O)c1c(Br)ccc(Cl)c1F. The summed E-state index contributed by atoms with van der Waals surface area (Å²) in [7, 11) is 0. The maximum atomic E-state index is 13.4. The highest BCUT2D eigenvalue weighted by Crippen LogP contribution is 2.31. The van der Waals surface area contributed by atoms with Crippen LogP contribution in [0.25, 0.3) is 0 Å².